The van der Waals surface area contributed by atoms with Gasteiger partial charge in [-0.3, -0.25) is 4.99 Å². The Bertz CT molecular complexity index is 729. The van der Waals surface area contributed by atoms with Crippen LogP contribution in [-0.2, 0) is 9.84 Å². The Hall–Kier alpha value is -1.60. The molecule has 4 N–H and O–H groups in total. The van der Waals surface area contributed by atoms with Crippen LogP contribution in [0.4, 0.5) is 0 Å². The average molecular weight is 423 g/mol. The lowest BCUT2D eigenvalue weighted by Crippen LogP contribution is -2.30. The Morgan fingerprint density at radius 2 is 1.62 bits per heavy atom. The first kappa shape index (κ1) is 23.7. The summed E-state index contributed by atoms with van der Waals surface area (Å²) in [6.45, 7) is 3.22. The van der Waals surface area contributed by atoms with E-state index in [0.717, 1.165) is 18.9 Å². The number of sulfone groups is 1. The second-order valence-corrected chi connectivity index (χ2v) is 10.5. The third kappa shape index (κ3) is 8.74. The van der Waals surface area contributed by atoms with Gasteiger partial charge in [-0.25, -0.2) is 8.42 Å². The summed E-state index contributed by atoms with van der Waals surface area (Å²) >= 11 is 0. The second kappa shape index (κ2) is 11.6. The molecule has 1 aliphatic heterocycles. The van der Waals surface area contributed by atoms with Gasteiger partial charge in [-0.05, 0) is 81.8 Å². The maximum absolute atomic E-state index is 11.3. The normalized spacial score (nSPS) is 19.2. The first-order valence-electron chi connectivity index (χ1n) is 10.8. The number of likely N-dealkylation sites (tertiary alicyclic amines) is 1. The van der Waals surface area contributed by atoms with E-state index in [-0.39, 0.29) is 5.96 Å². The van der Waals surface area contributed by atoms with Gasteiger partial charge in [0, 0.05) is 12.8 Å². The number of guanidine groups is 1. The Labute approximate surface area is 176 Å². The molecule has 1 aliphatic carbocycles. The van der Waals surface area contributed by atoms with Crippen LogP contribution < -0.4 is 11.5 Å². The van der Waals surface area contributed by atoms with Crippen LogP contribution >= 0.6 is 0 Å². The van der Waals surface area contributed by atoms with Crippen LogP contribution in [0.2, 0.25) is 0 Å². The zero-order chi connectivity index (χ0) is 21.3. The highest BCUT2D eigenvalue weighted by atomic mass is 32.2. The summed E-state index contributed by atoms with van der Waals surface area (Å²) in [5, 5.41) is 0. The highest BCUT2D eigenvalue weighted by molar-refractivity contribution is 7.90. The second-order valence-electron chi connectivity index (χ2n) is 8.52. The largest absolute Gasteiger partial charge is 0.370 e. The fourth-order valence-electron chi connectivity index (χ4n) is 4.15. The molecule has 0 amide bonds. The maximum atomic E-state index is 11.3. The lowest BCUT2D eigenvalue weighted by Gasteiger charge is -2.28. The monoisotopic (exact) mass is 422 g/mol. The molecule has 164 valence electrons. The number of rotatable bonds is 5. The minimum atomic E-state index is -3.05. The van der Waals surface area contributed by atoms with Crippen molar-refractivity contribution < 1.29 is 8.42 Å². The van der Waals surface area contributed by atoms with Crippen molar-refractivity contribution in [3.8, 4) is 0 Å². The number of nitrogens with two attached hydrogens (primary N) is 2. The van der Waals surface area contributed by atoms with Crippen LogP contribution in [0.3, 0.4) is 0 Å². The third-order valence-corrected chi connectivity index (χ3v) is 7.18. The third-order valence-electron chi connectivity index (χ3n) is 6.05. The van der Waals surface area contributed by atoms with E-state index in [1.165, 1.54) is 69.9 Å². The zero-order valence-corrected chi connectivity index (χ0v) is 18.8. The predicted molar refractivity (Wildman–Crippen MR) is 121 cm³/mol. The molecule has 0 radical (unpaired) electrons. The Morgan fingerprint density at radius 1 is 1.03 bits per heavy atom. The number of piperidine rings is 1. The van der Waals surface area contributed by atoms with Crippen LogP contribution in [0.5, 0.6) is 0 Å². The molecule has 0 atom stereocenters. The van der Waals surface area contributed by atoms with E-state index in [9.17, 15) is 8.42 Å². The molecule has 0 spiro atoms. The number of benzene rings is 1. The van der Waals surface area contributed by atoms with Crippen molar-refractivity contribution in [3.63, 3.8) is 0 Å². The fraction of sp³-hybridized carbons (Fsp3) is 0.682. The van der Waals surface area contributed by atoms with Crippen molar-refractivity contribution in [2.24, 2.45) is 22.4 Å². The van der Waals surface area contributed by atoms with Crippen LogP contribution in [0.25, 0.3) is 0 Å². The first-order chi connectivity index (χ1) is 13.8. The molecule has 0 unspecified atom stereocenters. The van der Waals surface area contributed by atoms with E-state index in [1.807, 2.05) is 12.1 Å². The van der Waals surface area contributed by atoms with Gasteiger partial charge < -0.3 is 16.4 Å². The fourth-order valence-corrected chi connectivity index (χ4v) is 4.78. The van der Waals surface area contributed by atoms with Gasteiger partial charge in [-0.2, -0.15) is 0 Å². The minimum Gasteiger partial charge on any atom is -0.370 e. The summed E-state index contributed by atoms with van der Waals surface area (Å²) in [6.07, 6.45) is 11.4. The topological polar surface area (TPSA) is 102 Å². The van der Waals surface area contributed by atoms with Gasteiger partial charge in [0.25, 0.3) is 0 Å². The zero-order valence-electron chi connectivity index (χ0n) is 18.0. The van der Waals surface area contributed by atoms with Crippen LogP contribution in [-0.4, -0.2) is 52.2 Å². The minimum absolute atomic E-state index is 0.216. The number of aliphatic imine (C=N–C) groups is 1. The summed E-state index contributed by atoms with van der Waals surface area (Å²) in [6, 6.07) is 7.43. The summed E-state index contributed by atoms with van der Waals surface area (Å²) in [5.41, 5.74) is 11.8. The quantitative estimate of drug-likeness (QED) is 0.561. The maximum Gasteiger partial charge on any atom is 0.185 e. The molecule has 2 aliphatic rings. The molecule has 6 nitrogen and oxygen atoms in total. The van der Waals surface area contributed by atoms with E-state index in [2.05, 4.69) is 16.9 Å². The highest BCUT2D eigenvalue weighted by Crippen LogP contribution is 2.32. The molecule has 1 saturated carbocycles. The van der Waals surface area contributed by atoms with E-state index >= 15 is 0 Å². The van der Waals surface area contributed by atoms with Crippen molar-refractivity contribution in [2.75, 3.05) is 32.9 Å². The van der Waals surface area contributed by atoms with Gasteiger partial charge >= 0.3 is 0 Å². The highest BCUT2D eigenvalue weighted by Gasteiger charge is 2.16. The predicted octanol–water partition coefficient (Wildman–Crippen LogP) is 3.13. The van der Waals surface area contributed by atoms with Crippen LogP contribution in [0.1, 0.15) is 62.8 Å². The summed E-state index contributed by atoms with van der Waals surface area (Å²) < 4.78 is 22.6. The molecule has 1 heterocycles. The van der Waals surface area contributed by atoms with Crippen molar-refractivity contribution in [1.29, 1.82) is 0 Å². The van der Waals surface area contributed by atoms with Gasteiger partial charge in [0.05, 0.1) is 4.90 Å². The molecule has 1 aromatic rings. The van der Waals surface area contributed by atoms with Crippen LogP contribution in [0.15, 0.2) is 34.2 Å². The number of nitrogens with zero attached hydrogens (tertiary/aromatic N) is 2. The van der Waals surface area contributed by atoms with Gasteiger partial charge in [0.1, 0.15) is 0 Å². The van der Waals surface area contributed by atoms with E-state index in [0.29, 0.717) is 10.8 Å². The molecular weight excluding hydrogens is 384 g/mol. The van der Waals surface area contributed by atoms with Gasteiger partial charge in [0.2, 0.25) is 0 Å². The SMILES string of the molecule is CN1CCC(CCN=C(N)N)CC1.CS(=O)(=O)c1ccc(C2CCCCC2)cc1. The molecule has 1 aromatic carbocycles. The molecule has 3 rings (SSSR count). The summed E-state index contributed by atoms with van der Waals surface area (Å²) in [5.74, 6) is 1.68. The van der Waals surface area contributed by atoms with Gasteiger partial charge in [-0.1, -0.05) is 31.4 Å². The van der Waals surface area contributed by atoms with Crippen LogP contribution in [0, 0.1) is 5.92 Å². The molecule has 1 saturated heterocycles. The molecule has 0 bridgehead atoms. The van der Waals surface area contributed by atoms with Crippen molar-refractivity contribution in [2.45, 2.75) is 62.2 Å². The van der Waals surface area contributed by atoms with E-state index in [1.54, 1.807) is 12.1 Å². The lowest BCUT2D eigenvalue weighted by atomic mass is 9.84. The first-order valence-corrected chi connectivity index (χ1v) is 12.7. The number of hydrogen-bond donors (Lipinski definition) is 2. The number of hydrogen-bond acceptors (Lipinski definition) is 4. The van der Waals surface area contributed by atoms with E-state index < -0.39 is 9.84 Å². The summed E-state index contributed by atoms with van der Waals surface area (Å²) in [4.78, 5) is 6.79. The Kier molecular flexibility index (Phi) is 9.43. The molecule has 7 heteroatoms. The van der Waals surface area contributed by atoms with E-state index in [4.69, 9.17) is 11.5 Å². The molecular formula is C22H38N4O2S. The van der Waals surface area contributed by atoms with Crippen molar-refractivity contribution in [1.82, 2.24) is 4.90 Å². The molecule has 29 heavy (non-hydrogen) atoms. The molecule has 0 aromatic heterocycles. The Balaban J connectivity index is 0.000000212. The van der Waals surface area contributed by atoms with Gasteiger partial charge in [0.15, 0.2) is 15.8 Å². The molecule has 2 fully saturated rings. The van der Waals surface area contributed by atoms with Crippen molar-refractivity contribution >= 4 is 15.8 Å². The average Bonchev–Trinajstić information content (AvgIpc) is 2.70. The summed E-state index contributed by atoms with van der Waals surface area (Å²) in [7, 11) is -0.877. The Morgan fingerprint density at radius 3 is 2.14 bits per heavy atom. The smallest absolute Gasteiger partial charge is 0.185 e. The van der Waals surface area contributed by atoms with Gasteiger partial charge in [-0.15, -0.1) is 0 Å². The lowest BCUT2D eigenvalue weighted by molar-refractivity contribution is 0.214. The van der Waals surface area contributed by atoms with Crippen molar-refractivity contribution in [3.05, 3.63) is 29.8 Å². The standard InChI is InChI=1S/C13H18O2S.C9H20N4/c1-16(14,15)13-9-7-12(8-10-13)11-5-3-2-4-6-11;1-13-6-3-8(4-7-13)2-5-12-9(10)11/h7-11H,2-6H2,1H3;8H,2-7H2,1H3,(H4,10,11,12).